The zero-order valence-corrected chi connectivity index (χ0v) is 23.6. The van der Waals surface area contributed by atoms with Crippen molar-refractivity contribution in [1.82, 2.24) is 9.97 Å². The Bertz CT molecular complexity index is 2460. The van der Waals surface area contributed by atoms with E-state index in [0.29, 0.717) is 11.6 Å². The first kappa shape index (κ1) is 24.6. The molecule has 0 saturated carbocycles. The van der Waals surface area contributed by atoms with E-state index in [1.807, 2.05) is 54.6 Å². The molecule has 0 radical (unpaired) electrons. The van der Waals surface area contributed by atoms with E-state index in [0.717, 1.165) is 66.4 Å². The van der Waals surface area contributed by atoms with Crippen LogP contribution < -0.4 is 0 Å². The molecule has 0 N–H and O–H groups in total. The highest BCUT2D eigenvalue weighted by Crippen LogP contribution is 2.36. The molecule has 0 saturated heterocycles. The van der Waals surface area contributed by atoms with Crippen molar-refractivity contribution in [2.75, 3.05) is 0 Å². The van der Waals surface area contributed by atoms with E-state index < -0.39 is 0 Å². The Labute approximate surface area is 252 Å². The quantitative estimate of drug-likeness (QED) is 0.213. The predicted octanol–water partition coefficient (Wildman–Crippen LogP) is 10.9. The molecule has 0 aliphatic rings. The molecule has 4 nitrogen and oxygen atoms in total. The minimum Gasteiger partial charge on any atom is -0.456 e. The van der Waals surface area contributed by atoms with Crippen LogP contribution in [-0.4, -0.2) is 9.97 Å². The molecule has 206 valence electrons. The lowest BCUT2D eigenvalue weighted by atomic mass is 10.0. The number of fused-ring (bicyclic) bond motifs is 5. The summed E-state index contributed by atoms with van der Waals surface area (Å²) in [6.45, 7) is 0. The first-order valence-corrected chi connectivity index (χ1v) is 14.6. The highest BCUT2D eigenvalue weighted by Gasteiger charge is 2.16. The van der Waals surface area contributed by atoms with Crippen molar-refractivity contribution in [3.8, 4) is 45.2 Å². The normalized spacial score (nSPS) is 11.6. The van der Waals surface area contributed by atoms with Gasteiger partial charge in [-0.25, -0.2) is 9.97 Å². The SMILES string of the molecule is c1ccc(-c2ccc(-c3cc(-c4cc5ccccc5o4)nc(-c4ccc5oc6cc7ccccc7cc6c5c4)n3)cc2)cc1. The van der Waals surface area contributed by atoms with Gasteiger partial charge in [0.1, 0.15) is 22.4 Å². The molecule has 44 heavy (non-hydrogen) atoms. The third kappa shape index (κ3) is 4.16. The molecule has 9 rings (SSSR count). The highest BCUT2D eigenvalue weighted by molar-refractivity contribution is 6.10. The molecule has 3 aromatic heterocycles. The van der Waals surface area contributed by atoms with E-state index in [1.165, 1.54) is 10.9 Å². The van der Waals surface area contributed by atoms with Crippen LogP contribution in [0.5, 0.6) is 0 Å². The minimum atomic E-state index is 0.627. The van der Waals surface area contributed by atoms with Crippen molar-refractivity contribution >= 4 is 43.7 Å². The first-order chi connectivity index (χ1) is 21.7. The molecule has 6 aromatic carbocycles. The second-order valence-electron chi connectivity index (χ2n) is 11.1. The maximum Gasteiger partial charge on any atom is 0.160 e. The molecule has 0 aliphatic carbocycles. The van der Waals surface area contributed by atoms with Crippen molar-refractivity contribution in [3.05, 3.63) is 146 Å². The molecular formula is C40H24N2O2. The van der Waals surface area contributed by atoms with Gasteiger partial charge < -0.3 is 8.83 Å². The Morgan fingerprint density at radius 1 is 0.364 bits per heavy atom. The summed E-state index contributed by atoms with van der Waals surface area (Å²) in [4.78, 5) is 10.1. The Kier molecular flexibility index (Phi) is 5.47. The van der Waals surface area contributed by atoms with Gasteiger partial charge in [-0.2, -0.15) is 0 Å². The zero-order chi connectivity index (χ0) is 29.0. The molecule has 0 aliphatic heterocycles. The van der Waals surface area contributed by atoms with E-state index in [9.17, 15) is 0 Å². The molecule has 4 heteroatoms. The van der Waals surface area contributed by atoms with Crippen LogP contribution in [-0.2, 0) is 0 Å². The lowest BCUT2D eigenvalue weighted by Crippen LogP contribution is -1.95. The lowest BCUT2D eigenvalue weighted by molar-refractivity contribution is 0.628. The summed E-state index contributed by atoms with van der Waals surface area (Å²) in [5.41, 5.74) is 8.35. The standard InChI is InChI=1S/C40H24N2O2/c1-2-8-25(9-3-1)26-14-16-27(17-15-26)34-24-35(39-23-30-12-6-7-13-36(30)43-39)42-40(41-34)31-18-19-37-32(21-31)33-20-28-10-4-5-11-29(28)22-38(33)44-37/h1-24H. The van der Waals surface area contributed by atoms with Gasteiger partial charge in [0.05, 0.1) is 5.69 Å². The number of benzene rings is 6. The Balaban J connectivity index is 1.21. The number of rotatable bonds is 4. The summed E-state index contributed by atoms with van der Waals surface area (Å²) < 4.78 is 12.5. The van der Waals surface area contributed by atoms with Crippen molar-refractivity contribution in [2.24, 2.45) is 0 Å². The fourth-order valence-corrected chi connectivity index (χ4v) is 6.02. The fourth-order valence-electron chi connectivity index (χ4n) is 6.02. The van der Waals surface area contributed by atoms with Crippen LogP contribution in [0.1, 0.15) is 0 Å². The maximum atomic E-state index is 6.26. The van der Waals surface area contributed by atoms with Crippen LogP contribution >= 0.6 is 0 Å². The fraction of sp³-hybridized carbons (Fsp3) is 0. The van der Waals surface area contributed by atoms with Crippen LogP contribution in [0.25, 0.3) is 88.9 Å². The monoisotopic (exact) mass is 564 g/mol. The Morgan fingerprint density at radius 3 is 1.82 bits per heavy atom. The number of furan rings is 2. The summed E-state index contributed by atoms with van der Waals surface area (Å²) in [5, 5.41) is 5.48. The van der Waals surface area contributed by atoms with E-state index in [1.54, 1.807) is 0 Å². The van der Waals surface area contributed by atoms with Gasteiger partial charge in [0, 0.05) is 27.3 Å². The summed E-state index contributed by atoms with van der Waals surface area (Å²) in [6.07, 6.45) is 0. The molecule has 0 atom stereocenters. The van der Waals surface area contributed by atoms with Crippen LogP contribution in [0.2, 0.25) is 0 Å². The van der Waals surface area contributed by atoms with Crippen molar-refractivity contribution in [1.29, 1.82) is 0 Å². The molecule has 9 aromatic rings. The van der Waals surface area contributed by atoms with Crippen LogP contribution in [0.3, 0.4) is 0 Å². The molecule has 0 bridgehead atoms. The topological polar surface area (TPSA) is 52.1 Å². The van der Waals surface area contributed by atoms with Gasteiger partial charge in [-0.05, 0) is 70.4 Å². The first-order valence-electron chi connectivity index (χ1n) is 14.6. The van der Waals surface area contributed by atoms with Gasteiger partial charge >= 0.3 is 0 Å². The van der Waals surface area contributed by atoms with Crippen LogP contribution in [0.15, 0.2) is 154 Å². The number of aromatic nitrogens is 2. The minimum absolute atomic E-state index is 0.627. The maximum absolute atomic E-state index is 6.26. The van der Waals surface area contributed by atoms with Gasteiger partial charge in [-0.15, -0.1) is 0 Å². The van der Waals surface area contributed by atoms with Gasteiger partial charge in [-0.1, -0.05) is 97.1 Å². The van der Waals surface area contributed by atoms with Gasteiger partial charge in [-0.3, -0.25) is 0 Å². The second kappa shape index (κ2) is 9.79. The zero-order valence-electron chi connectivity index (χ0n) is 23.6. The predicted molar refractivity (Wildman–Crippen MR) is 178 cm³/mol. The third-order valence-electron chi connectivity index (χ3n) is 8.29. The molecule has 0 unspecified atom stereocenters. The molecule has 0 amide bonds. The second-order valence-corrected chi connectivity index (χ2v) is 11.1. The van der Waals surface area contributed by atoms with E-state index >= 15 is 0 Å². The Hall–Kier alpha value is -6.00. The largest absolute Gasteiger partial charge is 0.456 e. The molecule has 0 spiro atoms. The third-order valence-corrected chi connectivity index (χ3v) is 8.29. The molecule has 3 heterocycles. The average molecular weight is 565 g/mol. The number of hydrogen-bond donors (Lipinski definition) is 0. The Morgan fingerprint density at radius 2 is 1.00 bits per heavy atom. The van der Waals surface area contributed by atoms with Crippen molar-refractivity contribution in [3.63, 3.8) is 0 Å². The molecular weight excluding hydrogens is 540 g/mol. The average Bonchev–Trinajstić information content (AvgIpc) is 3.68. The van der Waals surface area contributed by atoms with E-state index in [4.69, 9.17) is 18.8 Å². The van der Waals surface area contributed by atoms with Gasteiger partial charge in [0.2, 0.25) is 0 Å². The summed E-state index contributed by atoms with van der Waals surface area (Å²) in [7, 11) is 0. The van der Waals surface area contributed by atoms with Gasteiger partial charge in [0.15, 0.2) is 11.6 Å². The number of para-hydroxylation sites is 1. The highest BCUT2D eigenvalue weighted by atomic mass is 16.3. The number of nitrogens with zero attached hydrogens (tertiary/aromatic N) is 2. The van der Waals surface area contributed by atoms with Crippen molar-refractivity contribution in [2.45, 2.75) is 0 Å². The van der Waals surface area contributed by atoms with Crippen LogP contribution in [0, 0.1) is 0 Å². The summed E-state index contributed by atoms with van der Waals surface area (Å²) >= 11 is 0. The summed E-state index contributed by atoms with van der Waals surface area (Å²) in [5.74, 6) is 1.33. The van der Waals surface area contributed by atoms with Crippen LogP contribution in [0.4, 0.5) is 0 Å². The van der Waals surface area contributed by atoms with Crippen molar-refractivity contribution < 1.29 is 8.83 Å². The molecule has 0 fully saturated rings. The van der Waals surface area contributed by atoms with Gasteiger partial charge in [0.25, 0.3) is 0 Å². The smallest absolute Gasteiger partial charge is 0.160 e. The lowest BCUT2D eigenvalue weighted by Gasteiger charge is -2.09. The van der Waals surface area contributed by atoms with E-state index in [-0.39, 0.29) is 0 Å². The van der Waals surface area contributed by atoms with E-state index in [2.05, 4.69) is 91.0 Å². The number of hydrogen-bond acceptors (Lipinski definition) is 4. The summed E-state index contributed by atoms with van der Waals surface area (Å²) in [6, 6.07) is 49.8.